The van der Waals surface area contributed by atoms with Crippen LogP contribution in [-0.2, 0) is 4.74 Å². The molecule has 110 valence electrons. The number of hydrogen-bond acceptors (Lipinski definition) is 5. The first-order valence-electron chi connectivity index (χ1n) is 7.39. The van der Waals surface area contributed by atoms with Gasteiger partial charge in [0.25, 0.3) is 0 Å². The van der Waals surface area contributed by atoms with E-state index in [9.17, 15) is 4.79 Å². The number of rotatable bonds is 2. The molecule has 2 fully saturated rings. The van der Waals surface area contributed by atoms with E-state index in [-0.39, 0.29) is 11.7 Å². The number of hydrogen-bond donors (Lipinski definition) is 0. The van der Waals surface area contributed by atoms with Crippen LogP contribution in [0.25, 0.3) is 11.1 Å². The molecule has 0 N–H and O–H groups in total. The number of carbonyl (C=O) groups is 1. The van der Waals surface area contributed by atoms with Gasteiger partial charge in [-0.1, -0.05) is 0 Å². The Bertz CT molecular complexity index is 667. The molecule has 0 amide bonds. The number of benzene rings is 1. The lowest BCUT2D eigenvalue weighted by molar-refractivity contribution is -0.0702. The van der Waals surface area contributed by atoms with E-state index in [0.29, 0.717) is 12.1 Å². The average Bonchev–Trinajstić information content (AvgIpc) is 2.93. The summed E-state index contributed by atoms with van der Waals surface area (Å²) in [6.45, 7) is 1.47. The maximum atomic E-state index is 12.8. The first-order chi connectivity index (χ1) is 10.2. The molecule has 4 rings (SSSR count). The Morgan fingerprint density at radius 3 is 2.81 bits per heavy atom. The van der Waals surface area contributed by atoms with Crippen molar-refractivity contribution in [3.05, 3.63) is 30.2 Å². The topological polar surface area (TPSA) is 55.6 Å². The normalized spacial score (nSPS) is 29.7. The molecule has 1 aromatic carbocycles. The summed E-state index contributed by atoms with van der Waals surface area (Å²) in [7, 11) is 2.14. The van der Waals surface area contributed by atoms with Gasteiger partial charge in [-0.25, -0.2) is 4.98 Å². The van der Waals surface area contributed by atoms with Crippen LogP contribution >= 0.6 is 0 Å². The van der Waals surface area contributed by atoms with Crippen molar-refractivity contribution in [3.8, 4) is 0 Å². The largest absolute Gasteiger partial charge is 0.443 e. The number of oxazole rings is 1. The van der Waals surface area contributed by atoms with Crippen LogP contribution in [-0.4, -0.2) is 48.0 Å². The standard InChI is InChI=1S/C16H18N2O3/c1-18-12-4-11(5-13(18)8-20-7-12)16(19)10-2-3-15-14(6-10)17-9-21-15/h2-3,6,9,11-13H,4-5,7-8H2,1H3. The zero-order chi connectivity index (χ0) is 14.4. The number of ketones is 1. The molecule has 2 atom stereocenters. The molecule has 5 heteroatoms. The Kier molecular flexibility index (Phi) is 3.05. The smallest absolute Gasteiger partial charge is 0.181 e. The minimum atomic E-state index is 0.0875. The van der Waals surface area contributed by atoms with Crippen LogP contribution in [0.2, 0.25) is 0 Å². The second-order valence-corrected chi connectivity index (χ2v) is 6.08. The predicted molar refractivity (Wildman–Crippen MR) is 77.2 cm³/mol. The number of piperidine rings is 1. The number of fused-ring (bicyclic) bond motifs is 3. The lowest BCUT2D eigenvalue weighted by atomic mass is 9.81. The number of carbonyl (C=O) groups excluding carboxylic acids is 1. The van der Waals surface area contributed by atoms with Crippen molar-refractivity contribution in [3.63, 3.8) is 0 Å². The van der Waals surface area contributed by atoms with E-state index >= 15 is 0 Å². The highest BCUT2D eigenvalue weighted by Gasteiger charge is 2.39. The summed E-state index contributed by atoms with van der Waals surface area (Å²) in [6.07, 6.45) is 3.17. The minimum absolute atomic E-state index is 0.0875. The maximum Gasteiger partial charge on any atom is 0.181 e. The van der Waals surface area contributed by atoms with Crippen molar-refractivity contribution < 1.29 is 13.9 Å². The second-order valence-electron chi connectivity index (χ2n) is 6.08. The number of nitrogens with zero attached hydrogens (tertiary/aromatic N) is 2. The quantitative estimate of drug-likeness (QED) is 0.792. The molecule has 0 spiro atoms. The van der Waals surface area contributed by atoms with E-state index in [1.54, 1.807) is 0 Å². The molecule has 5 nitrogen and oxygen atoms in total. The zero-order valence-corrected chi connectivity index (χ0v) is 12.0. The Balaban J connectivity index is 1.59. The van der Waals surface area contributed by atoms with Crippen molar-refractivity contribution in [2.24, 2.45) is 5.92 Å². The molecule has 2 saturated heterocycles. The van der Waals surface area contributed by atoms with Gasteiger partial charge in [-0.05, 0) is 38.1 Å². The van der Waals surface area contributed by atoms with Gasteiger partial charge >= 0.3 is 0 Å². The average molecular weight is 286 g/mol. The summed E-state index contributed by atoms with van der Waals surface area (Å²) in [4.78, 5) is 19.3. The summed E-state index contributed by atoms with van der Waals surface area (Å²) in [5.74, 6) is 0.314. The molecule has 2 aliphatic rings. The predicted octanol–water partition coefficient (Wildman–Crippen LogP) is 2.12. The molecule has 0 aliphatic carbocycles. The van der Waals surface area contributed by atoms with Crippen LogP contribution in [0.1, 0.15) is 23.2 Å². The number of morpholine rings is 1. The van der Waals surface area contributed by atoms with Crippen LogP contribution in [0.4, 0.5) is 0 Å². The van der Waals surface area contributed by atoms with Crippen molar-refractivity contribution >= 4 is 16.9 Å². The molecular weight excluding hydrogens is 268 g/mol. The molecule has 1 aromatic heterocycles. The van der Waals surface area contributed by atoms with Gasteiger partial charge in [0.05, 0.1) is 13.2 Å². The van der Waals surface area contributed by atoms with Crippen LogP contribution < -0.4 is 0 Å². The highest BCUT2D eigenvalue weighted by atomic mass is 16.5. The highest BCUT2D eigenvalue weighted by molar-refractivity contribution is 6.00. The van der Waals surface area contributed by atoms with E-state index in [4.69, 9.17) is 9.15 Å². The third-order valence-electron chi connectivity index (χ3n) is 4.87. The van der Waals surface area contributed by atoms with Gasteiger partial charge in [-0.2, -0.15) is 0 Å². The van der Waals surface area contributed by atoms with Crippen LogP contribution in [0.5, 0.6) is 0 Å². The fourth-order valence-electron chi connectivity index (χ4n) is 3.56. The van der Waals surface area contributed by atoms with Crippen molar-refractivity contribution in [1.29, 1.82) is 0 Å². The Morgan fingerprint density at radius 2 is 2.05 bits per heavy atom. The number of ether oxygens (including phenoxy) is 1. The molecule has 2 aliphatic heterocycles. The van der Waals surface area contributed by atoms with E-state index in [2.05, 4.69) is 16.9 Å². The fraction of sp³-hybridized carbons (Fsp3) is 0.500. The number of aromatic nitrogens is 1. The number of likely N-dealkylation sites (N-methyl/N-ethyl adjacent to an activating group) is 1. The molecule has 2 bridgehead atoms. The van der Waals surface area contributed by atoms with E-state index < -0.39 is 0 Å². The summed E-state index contributed by atoms with van der Waals surface area (Å²) in [5, 5.41) is 0. The third kappa shape index (κ3) is 2.17. The second kappa shape index (κ2) is 4.93. The van der Waals surface area contributed by atoms with Crippen molar-refractivity contribution in [2.45, 2.75) is 24.9 Å². The van der Waals surface area contributed by atoms with Crippen LogP contribution in [0, 0.1) is 5.92 Å². The van der Waals surface area contributed by atoms with Crippen molar-refractivity contribution in [2.75, 3.05) is 20.3 Å². The van der Waals surface area contributed by atoms with E-state index in [1.807, 2.05) is 18.2 Å². The monoisotopic (exact) mass is 286 g/mol. The lowest BCUT2D eigenvalue weighted by Crippen LogP contribution is -2.55. The number of Topliss-reactive ketones (excluding diaryl/α,β-unsaturated/α-hetero) is 1. The van der Waals surface area contributed by atoms with Gasteiger partial charge in [0.15, 0.2) is 17.8 Å². The Labute approximate surface area is 122 Å². The third-order valence-corrected chi connectivity index (χ3v) is 4.87. The summed E-state index contributed by atoms with van der Waals surface area (Å²) in [5.41, 5.74) is 2.21. The Morgan fingerprint density at radius 1 is 1.29 bits per heavy atom. The summed E-state index contributed by atoms with van der Waals surface area (Å²) < 4.78 is 10.8. The van der Waals surface area contributed by atoms with Gasteiger partial charge in [-0.3, -0.25) is 9.69 Å². The first kappa shape index (κ1) is 13.0. The minimum Gasteiger partial charge on any atom is -0.443 e. The first-order valence-corrected chi connectivity index (χ1v) is 7.39. The molecule has 3 heterocycles. The van der Waals surface area contributed by atoms with E-state index in [1.165, 1.54) is 6.39 Å². The molecule has 2 unspecified atom stereocenters. The van der Waals surface area contributed by atoms with Gasteiger partial charge < -0.3 is 9.15 Å². The zero-order valence-electron chi connectivity index (χ0n) is 12.0. The van der Waals surface area contributed by atoms with Gasteiger partial charge in [0.2, 0.25) is 0 Å². The Hall–Kier alpha value is -1.72. The molecular formula is C16H18N2O3. The van der Waals surface area contributed by atoms with Gasteiger partial charge in [0, 0.05) is 23.6 Å². The highest BCUT2D eigenvalue weighted by Crippen LogP contribution is 2.32. The molecule has 2 aromatic rings. The molecule has 21 heavy (non-hydrogen) atoms. The van der Waals surface area contributed by atoms with Crippen molar-refractivity contribution in [1.82, 2.24) is 9.88 Å². The van der Waals surface area contributed by atoms with E-state index in [0.717, 1.165) is 42.7 Å². The maximum absolute atomic E-state index is 12.8. The summed E-state index contributed by atoms with van der Waals surface area (Å²) >= 11 is 0. The SMILES string of the molecule is CN1C2COCC1CC(C(=O)c1ccc3ocnc3c1)C2. The molecule has 0 radical (unpaired) electrons. The van der Waals surface area contributed by atoms with Crippen LogP contribution in [0.15, 0.2) is 29.0 Å². The van der Waals surface area contributed by atoms with Crippen LogP contribution in [0.3, 0.4) is 0 Å². The summed E-state index contributed by atoms with van der Waals surface area (Å²) in [6, 6.07) is 6.24. The van der Waals surface area contributed by atoms with Gasteiger partial charge in [-0.15, -0.1) is 0 Å². The lowest BCUT2D eigenvalue weighted by Gasteiger charge is -2.46. The fourth-order valence-corrected chi connectivity index (χ4v) is 3.56. The van der Waals surface area contributed by atoms with Gasteiger partial charge in [0.1, 0.15) is 5.52 Å². The molecule has 0 saturated carbocycles.